The molecule has 4 heteroatoms. The fourth-order valence-corrected chi connectivity index (χ4v) is 1.83. The van der Waals surface area contributed by atoms with Crippen LogP contribution < -0.4 is 5.32 Å². The summed E-state index contributed by atoms with van der Waals surface area (Å²) in [6.45, 7) is 1.89. The van der Waals surface area contributed by atoms with E-state index in [2.05, 4.69) is 10.3 Å². The van der Waals surface area contributed by atoms with Crippen LogP contribution >= 0.6 is 11.3 Å². The first-order valence-corrected chi connectivity index (χ1v) is 5.47. The summed E-state index contributed by atoms with van der Waals surface area (Å²) in [4.78, 5) is 15.8. The first-order valence-electron chi connectivity index (χ1n) is 4.53. The lowest BCUT2D eigenvalue weighted by atomic mass is 10.3. The molecule has 0 aliphatic carbocycles. The molecule has 2 aromatic heterocycles. The molecule has 2 rings (SSSR count). The fraction of sp³-hybridized carbons (Fsp3) is 0.0909. The van der Waals surface area contributed by atoms with Crippen molar-refractivity contribution in [3.8, 4) is 0 Å². The maximum absolute atomic E-state index is 11.6. The molecule has 0 aliphatic heterocycles. The third kappa shape index (κ3) is 2.41. The zero-order valence-electron chi connectivity index (χ0n) is 8.23. The highest BCUT2D eigenvalue weighted by atomic mass is 32.1. The van der Waals surface area contributed by atoms with Gasteiger partial charge in [0.05, 0.1) is 5.56 Å². The zero-order chi connectivity index (χ0) is 10.7. The van der Waals surface area contributed by atoms with E-state index >= 15 is 0 Å². The summed E-state index contributed by atoms with van der Waals surface area (Å²) in [5.41, 5.74) is 1.56. The molecule has 0 saturated heterocycles. The molecule has 15 heavy (non-hydrogen) atoms. The Balaban J connectivity index is 2.13. The number of nitrogens with one attached hydrogen (secondary N) is 1. The van der Waals surface area contributed by atoms with Gasteiger partial charge in [-0.05, 0) is 30.5 Å². The number of carbonyl (C=O) groups is 1. The molecule has 0 radical (unpaired) electrons. The summed E-state index contributed by atoms with van der Waals surface area (Å²) in [6.07, 6.45) is 0. The Morgan fingerprint density at radius 2 is 2.27 bits per heavy atom. The van der Waals surface area contributed by atoms with Gasteiger partial charge >= 0.3 is 0 Å². The predicted molar refractivity (Wildman–Crippen MR) is 61.2 cm³/mol. The Labute approximate surface area is 91.8 Å². The lowest BCUT2D eigenvalue weighted by Gasteiger charge is -2.02. The first kappa shape index (κ1) is 9.86. The topological polar surface area (TPSA) is 42.0 Å². The van der Waals surface area contributed by atoms with Crippen LogP contribution in [0.25, 0.3) is 0 Å². The van der Waals surface area contributed by atoms with Gasteiger partial charge in [0, 0.05) is 11.1 Å². The summed E-state index contributed by atoms with van der Waals surface area (Å²) >= 11 is 1.50. The Morgan fingerprint density at radius 3 is 2.93 bits per heavy atom. The molecule has 0 fully saturated rings. The molecule has 0 bridgehead atoms. The van der Waals surface area contributed by atoms with E-state index in [0.29, 0.717) is 11.4 Å². The molecule has 2 heterocycles. The molecule has 1 N–H and O–H groups in total. The Bertz CT molecular complexity index is 465. The zero-order valence-corrected chi connectivity index (χ0v) is 9.04. The van der Waals surface area contributed by atoms with Gasteiger partial charge < -0.3 is 5.32 Å². The average Bonchev–Trinajstić information content (AvgIpc) is 2.70. The molecule has 2 aromatic rings. The average molecular weight is 218 g/mol. The van der Waals surface area contributed by atoms with Crippen LogP contribution in [0.5, 0.6) is 0 Å². The van der Waals surface area contributed by atoms with Gasteiger partial charge in [-0.2, -0.15) is 11.3 Å². The third-order valence-corrected chi connectivity index (χ3v) is 2.60. The van der Waals surface area contributed by atoms with Crippen molar-refractivity contribution in [1.29, 1.82) is 0 Å². The highest BCUT2D eigenvalue weighted by molar-refractivity contribution is 7.08. The molecule has 76 valence electrons. The molecular weight excluding hydrogens is 208 g/mol. The van der Waals surface area contributed by atoms with Crippen LogP contribution in [0.15, 0.2) is 35.0 Å². The van der Waals surface area contributed by atoms with Crippen molar-refractivity contribution in [3.05, 3.63) is 46.3 Å². The summed E-state index contributed by atoms with van der Waals surface area (Å²) in [5.74, 6) is 0.473. The lowest BCUT2D eigenvalue weighted by Crippen LogP contribution is -2.12. The van der Waals surface area contributed by atoms with Crippen molar-refractivity contribution in [3.63, 3.8) is 0 Å². The van der Waals surface area contributed by atoms with Gasteiger partial charge in [0.1, 0.15) is 5.82 Å². The number of pyridine rings is 1. The molecule has 0 atom stereocenters. The molecule has 0 spiro atoms. The summed E-state index contributed by atoms with van der Waals surface area (Å²) in [5, 5.41) is 6.43. The molecular formula is C11H10N2OS. The van der Waals surface area contributed by atoms with Crippen molar-refractivity contribution in [2.45, 2.75) is 6.92 Å². The number of aryl methyl sites for hydroxylation is 1. The van der Waals surface area contributed by atoms with E-state index in [4.69, 9.17) is 0 Å². The maximum atomic E-state index is 11.6. The minimum atomic E-state index is -0.116. The van der Waals surface area contributed by atoms with Crippen LogP contribution in [-0.2, 0) is 0 Å². The van der Waals surface area contributed by atoms with Gasteiger partial charge in [-0.1, -0.05) is 6.07 Å². The number of thiophene rings is 1. The SMILES string of the molecule is Cc1cccc(NC(=O)c2ccsc2)n1. The number of aromatic nitrogens is 1. The summed E-state index contributed by atoms with van der Waals surface area (Å²) in [7, 11) is 0. The Morgan fingerprint density at radius 1 is 1.40 bits per heavy atom. The van der Waals surface area contributed by atoms with Gasteiger partial charge in [-0.25, -0.2) is 4.98 Å². The normalized spacial score (nSPS) is 9.93. The van der Waals surface area contributed by atoms with E-state index in [1.54, 1.807) is 12.1 Å². The number of hydrogen-bond donors (Lipinski definition) is 1. The number of carbonyl (C=O) groups excluding carboxylic acids is 1. The van der Waals surface area contributed by atoms with E-state index in [1.165, 1.54) is 11.3 Å². The van der Waals surface area contributed by atoms with Crippen LogP contribution in [0.4, 0.5) is 5.82 Å². The quantitative estimate of drug-likeness (QED) is 0.842. The van der Waals surface area contributed by atoms with Gasteiger partial charge in [0.2, 0.25) is 0 Å². The number of amides is 1. The highest BCUT2D eigenvalue weighted by Crippen LogP contribution is 2.09. The number of nitrogens with zero attached hydrogens (tertiary/aromatic N) is 1. The van der Waals surface area contributed by atoms with Gasteiger partial charge in [0.25, 0.3) is 5.91 Å². The molecule has 0 aliphatic rings. The lowest BCUT2D eigenvalue weighted by molar-refractivity contribution is 0.102. The molecule has 0 aromatic carbocycles. The minimum Gasteiger partial charge on any atom is -0.307 e. The molecule has 0 unspecified atom stereocenters. The van der Waals surface area contributed by atoms with Gasteiger partial charge in [-0.15, -0.1) is 0 Å². The first-order chi connectivity index (χ1) is 7.25. The Kier molecular flexibility index (Phi) is 2.78. The standard InChI is InChI=1S/C11H10N2OS/c1-8-3-2-4-10(12-8)13-11(14)9-5-6-15-7-9/h2-7H,1H3,(H,12,13,14). The number of anilines is 1. The van der Waals surface area contributed by atoms with E-state index < -0.39 is 0 Å². The second-order valence-electron chi connectivity index (χ2n) is 3.13. The van der Waals surface area contributed by atoms with Crippen molar-refractivity contribution in [2.24, 2.45) is 0 Å². The van der Waals surface area contributed by atoms with E-state index in [-0.39, 0.29) is 5.91 Å². The van der Waals surface area contributed by atoms with Gasteiger partial charge in [-0.3, -0.25) is 4.79 Å². The highest BCUT2D eigenvalue weighted by Gasteiger charge is 2.06. The van der Waals surface area contributed by atoms with E-state index in [1.807, 2.05) is 29.8 Å². The fourth-order valence-electron chi connectivity index (χ4n) is 1.19. The molecule has 0 saturated carbocycles. The molecule has 1 amide bonds. The van der Waals surface area contributed by atoms with Crippen LogP contribution in [0.2, 0.25) is 0 Å². The number of rotatable bonds is 2. The van der Waals surface area contributed by atoms with E-state index in [0.717, 1.165) is 5.69 Å². The minimum absolute atomic E-state index is 0.116. The van der Waals surface area contributed by atoms with Crippen molar-refractivity contribution < 1.29 is 4.79 Å². The Hall–Kier alpha value is -1.68. The van der Waals surface area contributed by atoms with Crippen LogP contribution in [0.1, 0.15) is 16.1 Å². The smallest absolute Gasteiger partial charge is 0.257 e. The van der Waals surface area contributed by atoms with E-state index in [9.17, 15) is 4.79 Å². The molecule has 3 nitrogen and oxygen atoms in total. The second-order valence-corrected chi connectivity index (χ2v) is 3.91. The number of hydrogen-bond acceptors (Lipinski definition) is 3. The van der Waals surface area contributed by atoms with Gasteiger partial charge in [0.15, 0.2) is 0 Å². The van der Waals surface area contributed by atoms with Crippen molar-refractivity contribution in [2.75, 3.05) is 5.32 Å². The van der Waals surface area contributed by atoms with Crippen LogP contribution in [0, 0.1) is 6.92 Å². The summed E-state index contributed by atoms with van der Waals surface area (Å²) in [6, 6.07) is 7.32. The second kappa shape index (κ2) is 4.23. The van der Waals surface area contributed by atoms with Crippen LogP contribution in [-0.4, -0.2) is 10.9 Å². The predicted octanol–water partition coefficient (Wildman–Crippen LogP) is 2.70. The largest absolute Gasteiger partial charge is 0.307 e. The monoisotopic (exact) mass is 218 g/mol. The summed E-state index contributed by atoms with van der Waals surface area (Å²) < 4.78 is 0. The van der Waals surface area contributed by atoms with Crippen LogP contribution in [0.3, 0.4) is 0 Å². The third-order valence-electron chi connectivity index (χ3n) is 1.91. The van der Waals surface area contributed by atoms with Crippen molar-refractivity contribution >= 4 is 23.1 Å². The maximum Gasteiger partial charge on any atom is 0.257 e. The van der Waals surface area contributed by atoms with Crippen molar-refractivity contribution in [1.82, 2.24) is 4.98 Å².